The lowest BCUT2D eigenvalue weighted by Crippen LogP contribution is -2.25. The number of hydrogen-bond donors (Lipinski definition) is 2. The van der Waals surface area contributed by atoms with E-state index in [1.54, 1.807) is 48.5 Å². The normalized spacial score (nSPS) is 13.0. The molecule has 0 aromatic heterocycles. The van der Waals surface area contributed by atoms with E-state index in [2.05, 4.69) is 0 Å². The van der Waals surface area contributed by atoms with Crippen molar-refractivity contribution >= 4 is 11.8 Å². The average Bonchev–Trinajstić information content (AvgIpc) is 2.69. The zero-order valence-corrected chi connectivity index (χ0v) is 15.5. The van der Waals surface area contributed by atoms with Crippen molar-refractivity contribution in [1.29, 1.82) is 0 Å². The molecule has 0 aliphatic carbocycles. The maximum Gasteiger partial charge on any atom is 0.306 e. The number of rotatable bonds is 11. The van der Waals surface area contributed by atoms with Crippen molar-refractivity contribution in [2.75, 3.05) is 6.61 Å². The van der Waals surface area contributed by atoms with Gasteiger partial charge in [0.2, 0.25) is 0 Å². The van der Waals surface area contributed by atoms with Crippen molar-refractivity contribution in [3.63, 3.8) is 0 Å². The number of carbonyl (C=O) groups is 2. The van der Waals surface area contributed by atoms with E-state index in [0.29, 0.717) is 23.3 Å². The monoisotopic (exact) mass is 370 g/mol. The van der Waals surface area contributed by atoms with Crippen molar-refractivity contribution in [2.24, 2.45) is 5.92 Å². The fourth-order valence-corrected chi connectivity index (χ4v) is 2.90. The number of carbonyl (C=O) groups excluding carboxylic acids is 1. The van der Waals surface area contributed by atoms with E-state index in [1.165, 1.54) is 0 Å². The number of para-hydroxylation sites is 1. The van der Waals surface area contributed by atoms with Crippen LogP contribution in [0.4, 0.5) is 0 Å². The third-order valence-corrected chi connectivity index (χ3v) is 4.41. The highest BCUT2D eigenvalue weighted by Crippen LogP contribution is 2.23. The first kappa shape index (κ1) is 20.6. The Morgan fingerprint density at radius 3 is 2.37 bits per heavy atom. The second-order valence-corrected chi connectivity index (χ2v) is 6.57. The highest BCUT2D eigenvalue weighted by molar-refractivity contribution is 6.10. The zero-order chi connectivity index (χ0) is 19.6. The summed E-state index contributed by atoms with van der Waals surface area (Å²) in [4.78, 5) is 24.0. The van der Waals surface area contributed by atoms with Crippen LogP contribution in [0.1, 0.15) is 48.5 Å². The van der Waals surface area contributed by atoms with Gasteiger partial charge in [0.1, 0.15) is 12.4 Å². The number of benzene rings is 2. The van der Waals surface area contributed by atoms with E-state index >= 15 is 0 Å². The zero-order valence-electron chi connectivity index (χ0n) is 15.5. The number of hydrogen-bond acceptors (Lipinski definition) is 4. The van der Waals surface area contributed by atoms with E-state index in [1.807, 2.05) is 13.0 Å². The first-order valence-corrected chi connectivity index (χ1v) is 9.25. The molecule has 0 saturated heterocycles. The van der Waals surface area contributed by atoms with Crippen LogP contribution in [0.5, 0.6) is 5.75 Å². The Kier molecular flexibility index (Phi) is 8.01. The molecule has 0 aliphatic rings. The van der Waals surface area contributed by atoms with Crippen molar-refractivity contribution in [3.8, 4) is 5.75 Å². The fourth-order valence-electron chi connectivity index (χ4n) is 2.90. The SMILES string of the molecule is CCCCC(CC(O)COc1ccccc1C(=O)c1ccccc1)C(=O)O. The number of ketones is 1. The highest BCUT2D eigenvalue weighted by atomic mass is 16.5. The average molecular weight is 370 g/mol. The van der Waals surface area contributed by atoms with Gasteiger partial charge in [0, 0.05) is 5.56 Å². The maximum atomic E-state index is 12.7. The molecule has 0 heterocycles. The van der Waals surface area contributed by atoms with Gasteiger partial charge in [0.05, 0.1) is 17.6 Å². The van der Waals surface area contributed by atoms with Crippen molar-refractivity contribution in [1.82, 2.24) is 0 Å². The van der Waals surface area contributed by atoms with Gasteiger partial charge in [-0.05, 0) is 25.0 Å². The Balaban J connectivity index is 2.01. The van der Waals surface area contributed by atoms with E-state index < -0.39 is 18.0 Å². The Morgan fingerprint density at radius 1 is 1.04 bits per heavy atom. The molecule has 5 heteroatoms. The fraction of sp³-hybridized carbons (Fsp3) is 0.364. The molecule has 2 rings (SSSR count). The molecule has 0 fully saturated rings. The Morgan fingerprint density at radius 2 is 1.70 bits per heavy atom. The minimum Gasteiger partial charge on any atom is -0.490 e. The quantitative estimate of drug-likeness (QED) is 0.585. The number of aliphatic carboxylic acids is 1. The van der Waals surface area contributed by atoms with Crippen LogP contribution in [0.2, 0.25) is 0 Å². The summed E-state index contributed by atoms with van der Waals surface area (Å²) in [5.41, 5.74) is 0.969. The summed E-state index contributed by atoms with van der Waals surface area (Å²) in [5, 5.41) is 19.5. The van der Waals surface area contributed by atoms with Crippen LogP contribution in [0.15, 0.2) is 54.6 Å². The number of aliphatic hydroxyl groups is 1. The summed E-state index contributed by atoms with van der Waals surface area (Å²) in [6, 6.07) is 15.8. The lowest BCUT2D eigenvalue weighted by Gasteiger charge is -2.18. The Bertz CT molecular complexity index is 741. The Hall–Kier alpha value is -2.66. The first-order chi connectivity index (χ1) is 13.0. The second-order valence-electron chi connectivity index (χ2n) is 6.57. The summed E-state index contributed by atoms with van der Waals surface area (Å²) < 4.78 is 5.66. The van der Waals surface area contributed by atoms with E-state index in [9.17, 15) is 19.8 Å². The topological polar surface area (TPSA) is 83.8 Å². The van der Waals surface area contributed by atoms with Crippen molar-refractivity contribution < 1.29 is 24.5 Å². The van der Waals surface area contributed by atoms with Crippen LogP contribution in [0.3, 0.4) is 0 Å². The summed E-state index contributed by atoms with van der Waals surface area (Å²) in [7, 11) is 0. The summed E-state index contributed by atoms with van der Waals surface area (Å²) in [6.07, 6.45) is 1.46. The van der Waals surface area contributed by atoms with Gasteiger partial charge in [-0.2, -0.15) is 0 Å². The van der Waals surface area contributed by atoms with Crippen LogP contribution in [-0.4, -0.2) is 34.7 Å². The van der Waals surface area contributed by atoms with Crippen LogP contribution in [-0.2, 0) is 4.79 Å². The molecular formula is C22H26O5. The van der Waals surface area contributed by atoms with Crippen molar-refractivity contribution in [3.05, 3.63) is 65.7 Å². The van der Waals surface area contributed by atoms with E-state index in [-0.39, 0.29) is 18.8 Å². The number of carboxylic acids is 1. The molecule has 5 nitrogen and oxygen atoms in total. The molecule has 27 heavy (non-hydrogen) atoms. The van der Waals surface area contributed by atoms with Crippen LogP contribution in [0, 0.1) is 5.92 Å². The van der Waals surface area contributed by atoms with Gasteiger partial charge < -0.3 is 14.9 Å². The van der Waals surface area contributed by atoms with Gasteiger partial charge in [-0.3, -0.25) is 9.59 Å². The lowest BCUT2D eigenvalue weighted by molar-refractivity contribution is -0.143. The number of unbranched alkanes of at least 4 members (excludes halogenated alkanes) is 1. The van der Waals surface area contributed by atoms with Gasteiger partial charge in [-0.1, -0.05) is 62.2 Å². The summed E-state index contributed by atoms with van der Waals surface area (Å²) >= 11 is 0. The molecule has 0 radical (unpaired) electrons. The first-order valence-electron chi connectivity index (χ1n) is 9.25. The van der Waals surface area contributed by atoms with E-state index in [4.69, 9.17) is 4.74 Å². The van der Waals surface area contributed by atoms with Gasteiger partial charge in [0.15, 0.2) is 5.78 Å². The van der Waals surface area contributed by atoms with Crippen molar-refractivity contribution in [2.45, 2.75) is 38.7 Å². The molecule has 2 atom stereocenters. The molecule has 0 bridgehead atoms. The molecule has 0 saturated carbocycles. The van der Waals surface area contributed by atoms with Gasteiger partial charge in [-0.15, -0.1) is 0 Å². The van der Waals surface area contributed by atoms with Gasteiger partial charge in [0.25, 0.3) is 0 Å². The molecule has 0 aliphatic heterocycles. The second kappa shape index (κ2) is 10.5. The third kappa shape index (κ3) is 6.22. The predicted molar refractivity (Wildman–Crippen MR) is 103 cm³/mol. The molecular weight excluding hydrogens is 344 g/mol. The summed E-state index contributed by atoms with van der Waals surface area (Å²) in [5.74, 6) is -1.27. The van der Waals surface area contributed by atoms with Crippen LogP contribution < -0.4 is 4.74 Å². The number of aliphatic hydroxyl groups excluding tert-OH is 1. The maximum absolute atomic E-state index is 12.7. The molecule has 2 aromatic carbocycles. The highest BCUT2D eigenvalue weighted by Gasteiger charge is 2.22. The third-order valence-electron chi connectivity index (χ3n) is 4.41. The van der Waals surface area contributed by atoms with Crippen LogP contribution in [0.25, 0.3) is 0 Å². The molecule has 2 aromatic rings. The predicted octanol–water partition coefficient (Wildman–Crippen LogP) is 3.94. The molecule has 144 valence electrons. The van der Waals surface area contributed by atoms with Gasteiger partial charge in [-0.25, -0.2) is 0 Å². The largest absolute Gasteiger partial charge is 0.490 e. The smallest absolute Gasteiger partial charge is 0.306 e. The molecule has 2 unspecified atom stereocenters. The van der Waals surface area contributed by atoms with Crippen LogP contribution >= 0.6 is 0 Å². The standard InChI is InChI=1S/C22H26O5/c1-2-3-9-17(22(25)26)14-18(23)15-27-20-13-8-7-12-19(20)21(24)16-10-5-4-6-11-16/h4-8,10-13,17-18,23H,2-3,9,14-15H2,1H3,(H,25,26). The Labute approximate surface area is 159 Å². The van der Waals surface area contributed by atoms with Gasteiger partial charge >= 0.3 is 5.97 Å². The minimum absolute atomic E-state index is 0.0605. The summed E-state index contributed by atoms with van der Waals surface area (Å²) in [6.45, 7) is 1.94. The number of carboxylic acid groups (broad SMARTS) is 1. The molecule has 0 amide bonds. The minimum atomic E-state index is -0.914. The lowest BCUT2D eigenvalue weighted by atomic mass is 9.96. The number of ether oxygens (including phenoxy) is 1. The molecule has 2 N–H and O–H groups in total. The van der Waals surface area contributed by atoms with E-state index in [0.717, 1.165) is 12.8 Å². The molecule has 0 spiro atoms.